The second kappa shape index (κ2) is 23.0. The summed E-state index contributed by atoms with van der Waals surface area (Å²) in [6.45, 7) is 22.7. The van der Waals surface area contributed by atoms with Crippen LogP contribution in [0.25, 0.3) is 22.3 Å². The van der Waals surface area contributed by atoms with E-state index in [0.717, 1.165) is 24.3 Å². The quantitative estimate of drug-likeness (QED) is 0.143. The maximum atomic E-state index is 12.1. The van der Waals surface area contributed by atoms with E-state index >= 15 is 0 Å². The van der Waals surface area contributed by atoms with E-state index in [1.54, 1.807) is 26.0 Å². The molecule has 48 heavy (non-hydrogen) atoms. The fourth-order valence-electron chi connectivity index (χ4n) is 3.50. The topological polar surface area (TPSA) is 163 Å². The molecule has 0 amide bonds. The number of hydrogen-bond donors (Lipinski definition) is 3. The molecule has 0 bridgehead atoms. The molecule has 2 rings (SSSR count). The molecule has 0 aliphatic rings. The molecule has 0 heterocycles. The fraction of sp³-hybridized carbons (Fsp3) is 0.333. The highest BCUT2D eigenvalue weighted by atomic mass is 32.2. The van der Waals surface area contributed by atoms with E-state index in [9.17, 15) is 38.9 Å². The summed E-state index contributed by atoms with van der Waals surface area (Å²) in [6.07, 6.45) is 12.5. The van der Waals surface area contributed by atoms with Gasteiger partial charge in [0.2, 0.25) is 0 Å². The number of hydrogen-bond acceptors (Lipinski definition) is 6. The first-order chi connectivity index (χ1) is 22.4. The number of benzene rings is 2. The molecule has 12 heteroatoms. The second-order valence-electron chi connectivity index (χ2n) is 9.71. The van der Waals surface area contributed by atoms with Gasteiger partial charge in [-0.3, -0.25) is 13.7 Å². The van der Waals surface area contributed by atoms with Gasteiger partial charge in [-0.2, -0.15) is 25.3 Å². The second-order valence-corrected chi connectivity index (χ2v) is 13.9. The Morgan fingerprint density at radius 1 is 0.646 bits per heavy atom. The number of allylic oxidation sites excluding steroid dienone is 8. The Hall–Kier alpha value is -3.39. The van der Waals surface area contributed by atoms with Crippen molar-refractivity contribution in [3.8, 4) is 11.1 Å². The van der Waals surface area contributed by atoms with Crippen molar-refractivity contribution in [2.24, 2.45) is 0 Å². The summed E-state index contributed by atoms with van der Waals surface area (Å²) < 4.78 is 99.9. The van der Waals surface area contributed by atoms with Crippen LogP contribution in [-0.4, -0.2) is 38.9 Å². The summed E-state index contributed by atoms with van der Waals surface area (Å²) in [5.74, 6) is 0. The largest absolute Gasteiger partial charge is 0.295 e. The Kier molecular flexibility index (Phi) is 22.4. The Labute approximate surface area is 289 Å². The van der Waals surface area contributed by atoms with Gasteiger partial charge in [-0.15, -0.1) is 0 Å². The zero-order chi connectivity index (χ0) is 37.7. The van der Waals surface area contributed by atoms with Crippen LogP contribution in [-0.2, 0) is 30.4 Å². The van der Waals surface area contributed by atoms with Crippen LogP contribution in [0, 0.1) is 0 Å². The molecule has 9 nitrogen and oxygen atoms in total. The van der Waals surface area contributed by atoms with Crippen LogP contribution in [0.15, 0.2) is 107 Å². The van der Waals surface area contributed by atoms with Crippen molar-refractivity contribution in [3.63, 3.8) is 0 Å². The molecule has 268 valence electrons. The average Bonchev–Trinajstić information content (AvgIpc) is 3.05. The first-order valence-corrected chi connectivity index (χ1v) is 19.9. The summed E-state index contributed by atoms with van der Waals surface area (Å²) in [5, 5.41) is 0. The summed E-state index contributed by atoms with van der Waals surface area (Å²) in [7, 11) is -13.9. The average molecular weight is 725 g/mol. The Bertz CT molecular complexity index is 1700. The molecule has 0 aromatic heterocycles. The lowest BCUT2D eigenvalue weighted by Crippen LogP contribution is -2.02. The summed E-state index contributed by atoms with van der Waals surface area (Å²) in [5.41, 5.74) is 1.62. The highest BCUT2D eigenvalue weighted by molar-refractivity contribution is 7.90. The lowest BCUT2D eigenvalue weighted by molar-refractivity contribution is 0.482. The van der Waals surface area contributed by atoms with Crippen LogP contribution in [0.2, 0.25) is 0 Å². The molecule has 0 radical (unpaired) electrons. The van der Waals surface area contributed by atoms with Crippen molar-refractivity contribution in [1.82, 2.24) is 0 Å². The van der Waals surface area contributed by atoms with Crippen LogP contribution < -0.4 is 0 Å². The van der Waals surface area contributed by atoms with Crippen molar-refractivity contribution < 1.29 is 38.9 Å². The zero-order valence-electron chi connectivity index (χ0n) is 29.3. The maximum absolute atomic E-state index is 12.1. The third-order valence-corrected chi connectivity index (χ3v) is 8.96. The lowest BCUT2D eigenvalue weighted by Gasteiger charge is -2.14. The minimum absolute atomic E-state index is 0.106. The molecule has 2 aromatic rings. The zero-order valence-corrected chi connectivity index (χ0v) is 31.7. The van der Waals surface area contributed by atoms with Crippen molar-refractivity contribution in [2.75, 3.05) is 0 Å². The third-order valence-electron chi connectivity index (χ3n) is 6.29. The molecule has 3 N–H and O–H groups in total. The molecular formula is C36H52O9S3. The van der Waals surface area contributed by atoms with Crippen LogP contribution >= 0.6 is 0 Å². The molecule has 0 saturated heterocycles. The Morgan fingerprint density at radius 3 is 1.27 bits per heavy atom. The summed E-state index contributed by atoms with van der Waals surface area (Å²) in [6, 6.07) is 10.2. The Morgan fingerprint density at radius 2 is 1.00 bits per heavy atom. The highest BCUT2D eigenvalue weighted by Gasteiger charge is 2.19. The molecule has 0 aliphatic heterocycles. The number of unbranched alkanes of at least 4 members (excludes halogenated alkanes) is 2. The van der Waals surface area contributed by atoms with E-state index < -0.39 is 45.1 Å². The summed E-state index contributed by atoms with van der Waals surface area (Å²) >= 11 is 0. The minimum atomic E-state index is -4.65. The first kappa shape index (κ1) is 46.7. The molecule has 2 aromatic carbocycles. The maximum Gasteiger partial charge on any atom is 0.295 e. The molecule has 0 atom stereocenters. The van der Waals surface area contributed by atoms with Crippen LogP contribution in [0.5, 0.6) is 0 Å². The van der Waals surface area contributed by atoms with Crippen molar-refractivity contribution in [2.45, 2.75) is 86.0 Å². The van der Waals surface area contributed by atoms with E-state index in [0.29, 0.717) is 11.1 Å². The lowest BCUT2D eigenvalue weighted by atomic mass is 9.92. The third kappa shape index (κ3) is 16.1. The van der Waals surface area contributed by atoms with Crippen LogP contribution in [0.1, 0.15) is 92.2 Å². The number of rotatable bonds is 12. The molecular weight excluding hydrogens is 673 g/mol. The van der Waals surface area contributed by atoms with Crippen molar-refractivity contribution >= 4 is 41.5 Å². The van der Waals surface area contributed by atoms with Gasteiger partial charge in [-0.05, 0) is 90.3 Å². The van der Waals surface area contributed by atoms with E-state index in [-0.39, 0.29) is 22.3 Å². The van der Waals surface area contributed by atoms with Gasteiger partial charge in [0.15, 0.2) is 0 Å². The van der Waals surface area contributed by atoms with E-state index in [2.05, 4.69) is 40.9 Å². The summed E-state index contributed by atoms with van der Waals surface area (Å²) in [4.78, 5) is -1.39. The van der Waals surface area contributed by atoms with Crippen molar-refractivity contribution in [3.05, 3.63) is 113 Å². The van der Waals surface area contributed by atoms with E-state index in [1.165, 1.54) is 68.2 Å². The van der Waals surface area contributed by atoms with Gasteiger partial charge < -0.3 is 0 Å². The van der Waals surface area contributed by atoms with Crippen molar-refractivity contribution in [1.29, 1.82) is 0 Å². The van der Waals surface area contributed by atoms with Gasteiger partial charge in [-0.1, -0.05) is 111 Å². The predicted octanol–water partition coefficient (Wildman–Crippen LogP) is 9.96. The van der Waals surface area contributed by atoms with Gasteiger partial charge in [0.1, 0.15) is 4.90 Å². The Balaban J connectivity index is 0. The first-order valence-electron chi connectivity index (χ1n) is 15.6. The monoisotopic (exact) mass is 724 g/mol. The van der Waals surface area contributed by atoms with Gasteiger partial charge in [0.25, 0.3) is 30.4 Å². The van der Waals surface area contributed by atoms with Gasteiger partial charge in [0, 0.05) is 5.56 Å². The highest BCUT2D eigenvalue weighted by Crippen LogP contribution is 2.34. The van der Waals surface area contributed by atoms with E-state index in [1.807, 2.05) is 13.8 Å². The normalized spacial score (nSPS) is 12.7. The van der Waals surface area contributed by atoms with Crippen LogP contribution in [0.3, 0.4) is 0 Å². The van der Waals surface area contributed by atoms with Crippen LogP contribution in [0.4, 0.5) is 0 Å². The molecule has 0 aliphatic carbocycles. The molecule has 0 saturated carbocycles. The fourth-order valence-corrected chi connectivity index (χ4v) is 5.18. The SMILES string of the molecule is C=C/C(=C\C(=C/C)c1cc(C(=C/C)/C=C(\C=C)S(=O)(=O)O)cc(-c2ccccc2S(=O)(=O)O)c1)S(=O)(=O)O.CC.CCCC.CCCC. The van der Waals surface area contributed by atoms with E-state index in [4.69, 9.17) is 0 Å². The standard InChI is InChI=1S/C26H26O9S3.2C4H10.C2H6/c1-5-18(16-23(7-3)36(27,28)29)20-13-21(19(6-2)17-24(8-4)37(30,31)32)15-22(14-20)25-11-9-10-12-26(25)38(33,34)35;2*1-3-4-2;1-2/h5-17H,3-4H2,1-2H3,(H,27,28,29)(H,30,31,32)(H,33,34,35);2*3-4H2,1-2H3;1-2H3/b18-5+,19-6+,23-16+,24-17+;;;. The van der Waals surface area contributed by atoms with Gasteiger partial charge in [-0.25, -0.2) is 0 Å². The predicted molar refractivity (Wildman–Crippen MR) is 201 cm³/mol. The smallest absolute Gasteiger partial charge is 0.282 e. The molecule has 0 spiro atoms. The van der Waals surface area contributed by atoms with Gasteiger partial charge >= 0.3 is 0 Å². The van der Waals surface area contributed by atoms with Gasteiger partial charge in [0.05, 0.1) is 9.81 Å². The minimum Gasteiger partial charge on any atom is -0.282 e. The molecule has 0 fully saturated rings. The molecule has 0 unspecified atom stereocenters.